The third kappa shape index (κ3) is 4.93. The standard InChI is InChI=1S/C19H18N4O7/c1-22(7-8-30-16-5-3-4-6-21-16)19(26)13(11-20)17(24)12-9-14(23(27)28)18(25)15(10-12)29-2/h3-6,9-10,24-25H,7-8H2,1-2H3/b17-13-. The number of pyridine rings is 1. The van der Waals surface area contributed by atoms with Crippen molar-refractivity contribution < 1.29 is 29.4 Å². The van der Waals surface area contributed by atoms with Crippen molar-refractivity contribution in [2.75, 3.05) is 27.3 Å². The Labute approximate surface area is 171 Å². The number of nitriles is 1. The first-order valence-electron chi connectivity index (χ1n) is 8.48. The molecule has 11 heteroatoms. The SMILES string of the molecule is COc1cc(/C(O)=C(\C#N)C(=O)N(C)CCOc2ccccn2)cc([N+](=O)[O-])c1O. The number of nitro groups is 1. The van der Waals surface area contributed by atoms with E-state index >= 15 is 0 Å². The minimum atomic E-state index is -0.885. The topological polar surface area (TPSA) is 159 Å². The van der Waals surface area contributed by atoms with Crippen LogP contribution in [0.5, 0.6) is 17.4 Å². The summed E-state index contributed by atoms with van der Waals surface area (Å²) in [5, 5.41) is 40.7. The van der Waals surface area contributed by atoms with E-state index in [0.29, 0.717) is 5.88 Å². The number of phenolic OH excluding ortho intramolecular Hbond substituents is 1. The molecular weight excluding hydrogens is 396 g/mol. The smallest absolute Gasteiger partial charge is 0.315 e. The molecule has 0 aliphatic carbocycles. The lowest BCUT2D eigenvalue weighted by molar-refractivity contribution is -0.386. The molecule has 1 aromatic carbocycles. The van der Waals surface area contributed by atoms with Gasteiger partial charge in [0, 0.05) is 30.9 Å². The molecule has 156 valence electrons. The Morgan fingerprint density at radius 3 is 2.70 bits per heavy atom. The fourth-order valence-corrected chi connectivity index (χ4v) is 2.38. The number of nitrogens with zero attached hydrogens (tertiary/aromatic N) is 4. The first kappa shape index (κ1) is 22.0. The third-order valence-electron chi connectivity index (χ3n) is 3.97. The summed E-state index contributed by atoms with van der Waals surface area (Å²) in [6, 6.07) is 8.60. The van der Waals surface area contributed by atoms with E-state index in [1.54, 1.807) is 30.5 Å². The number of amides is 1. The Morgan fingerprint density at radius 1 is 1.40 bits per heavy atom. The van der Waals surface area contributed by atoms with Gasteiger partial charge in [-0.1, -0.05) is 6.07 Å². The number of benzene rings is 1. The van der Waals surface area contributed by atoms with Gasteiger partial charge in [0.1, 0.15) is 18.4 Å². The minimum absolute atomic E-state index is 0.0763. The molecule has 1 aromatic heterocycles. The second kappa shape index (κ2) is 9.74. The summed E-state index contributed by atoms with van der Waals surface area (Å²) in [6.45, 7) is 0.157. The first-order valence-corrected chi connectivity index (χ1v) is 8.48. The Hall–Kier alpha value is -4.33. The average molecular weight is 414 g/mol. The Kier molecular flexibility index (Phi) is 7.13. The molecule has 0 bridgehead atoms. The number of aromatic nitrogens is 1. The zero-order chi connectivity index (χ0) is 22.3. The molecule has 30 heavy (non-hydrogen) atoms. The second-order valence-electron chi connectivity index (χ2n) is 5.88. The van der Waals surface area contributed by atoms with Crippen molar-refractivity contribution in [3.05, 3.63) is 57.8 Å². The molecule has 0 spiro atoms. The van der Waals surface area contributed by atoms with Crippen molar-refractivity contribution in [1.82, 2.24) is 9.88 Å². The molecule has 0 unspecified atom stereocenters. The second-order valence-corrected chi connectivity index (χ2v) is 5.88. The lowest BCUT2D eigenvalue weighted by Gasteiger charge is -2.17. The van der Waals surface area contributed by atoms with E-state index in [9.17, 15) is 30.4 Å². The fraction of sp³-hybridized carbons (Fsp3) is 0.211. The van der Waals surface area contributed by atoms with E-state index in [1.807, 2.05) is 0 Å². The minimum Gasteiger partial charge on any atom is -0.506 e. The molecule has 1 amide bonds. The van der Waals surface area contributed by atoms with Crippen LogP contribution in [0.2, 0.25) is 0 Å². The predicted octanol–water partition coefficient (Wildman–Crippen LogP) is 2.03. The van der Waals surface area contributed by atoms with Gasteiger partial charge in [0.2, 0.25) is 11.6 Å². The molecule has 0 radical (unpaired) electrons. The summed E-state index contributed by atoms with van der Waals surface area (Å²) in [5.41, 5.74) is -1.63. The number of carbonyl (C=O) groups excluding carboxylic acids is 1. The zero-order valence-corrected chi connectivity index (χ0v) is 16.1. The summed E-state index contributed by atoms with van der Waals surface area (Å²) < 4.78 is 10.2. The number of rotatable bonds is 8. The third-order valence-corrected chi connectivity index (χ3v) is 3.97. The number of likely N-dealkylation sites (N-methyl/N-ethyl adjacent to an activating group) is 1. The largest absolute Gasteiger partial charge is 0.506 e. The lowest BCUT2D eigenvalue weighted by atomic mass is 10.1. The number of aliphatic hydroxyl groups excluding tert-OH is 1. The molecule has 2 N–H and O–H groups in total. The van der Waals surface area contributed by atoms with Crippen LogP contribution in [0, 0.1) is 21.4 Å². The quantitative estimate of drug-likeness (QED) is 0.217. The van der Waals surface area contributed by atoms with Gasteiger partial charge in [0.25, 0.3) is 5.91 Å². The monoisotopic (exact) mass is 414 g/mol. The van der Waals surface area contributed by atoms with Crippen LogP contribution in [-0.2, 0) is 4.79 Å². The van der Waals surface area contributed by atoms with Crippen LogP contribution in [-0.4, -0.2) is 58.2 Å². The number of methoxy groups -OCH3 is 1. The normalized spacial score (nSPS) is 11.1. The molecule has 0 aliphatic rings. The molecule has 2 aromatic rings. The van der Waals surface area contributed by atoms with Gasteiger partial charge >= 0.3 is 5.69 Å². The van der Waals surface area contributed by atoms with Crippen molar-refractivity contribution in [2.45, 2.75) is 0 Å². The maximum absolute atomic E-state index is 12.6. The molecule has 0 fully saturated rings. The number of hydrogen-bond acceptors (Lipinski definition) is 9. The highest BCUT2D eigenvalue weighted by molar-refractivity contribution is 6.03. The first-order chi connectivity index (χ1) is 14.3. The Morgan fingerprint density at radius 2 is 2.13 bits per heavy atom. The van der Waals surface area contributed by atoms with E-state index < -0.39 is 33.6 Å². The van der Waals surface area contributed by atoms with E-state index in [4.69, 9.17) is 9.47 Å². The van der Waals surface area contributed by atoms with Crippen LogP contribution in [0.15, 0.2) is 42.1 Å². The van der Waals surface area contributed by atoms with Crippen molar-refractivity contribution in [1.29, 1.82) is 5.26 Å². The van der Waals surface area contributed by atoms with Gasteiger partial charge in [-0.2, -0.15) is 5.26 Å². The summed E-state index contributed by atoms with van der Waals surface area (Å²) in [5.74, 6) is -2.29. The summed E-state index contributed by atoms with van der Waals surface area (Å²) >= 11 is 0. The molecule has 2 rings (SSSR count). The van der Waals surface area contributed by atoms with Crippen molar-refractivity contribution >= 4 is 17.4 Å². The Bertz CT molecular complexity index is 1020. The van der Waals surface area contributed by atoms with E-state index in [0.717, 1.165) is 24.1 Å². The number of ether oxygens (including phenoxy) is 2. The van der Waals surface area contributed by atoms with Crippen molar-refractivity contribution in [3.63, 3.8) is 0 Å². The highest BCUT2D eigenvalue weighted by atomic mass is 16.6. The van der Waals surface area contributed by atoms with E-state index in [-0.39, 0.29) is 24.5 Å². The van der Waals surface area contributed by atoms with Gasteiger partial charge in [-0.25, -0.2) is 4.98 Å². The molecule has 1 heterocycles. The zero-order valence-electron chi connectivity index (χ0n) is 16.1. The highest BCUT2D eigenvalue weighted by Crippen LogP contribution is 2.38. The molecular formula is C19H18N4O7. The lowest BCUT2D eigenvalue weighted by Crippen LogP contribution is -2.32. The number of nitro benzene ring substituents is 1. The fourth-order valence-electron chi connectivity index (χ4n) is 2.38. The van der Waals surface area contributed by atoms with Crippen LogP contribution >= 0.6 is 0 Å². The molecule has 0 saturated heterocycles. The highest BCUT2D eigenvalue weighted by Gasteiger charge is 2.25. The van der Waals surface area contributed by atoms with E-state index in [1.165, 1.54) is 7.05 Å². The number of hydrogen-bond donors (Lipinski definition) is 2. The number of phenols is 1. The summed E-state index contributed by atoms with van der Waals surface area (Å²) in [6.07, 6.45) is 1.55. The van der Waals surface area contributed by atoms with Crippen molar-refractivity contribution in [3.8, 4) is 23.4 Å². The summed E-state index contributed by atoms with van der Waals surface area (Å²) in [4.78, 5) is 27.9. The van der Waals surface area contributed by atoms with Crippen molar-refractivity contribution in [2.24, 2.45) is 0 Å². The van der Waals surface area contributed by atoms with Gasteiger partial charge in [-0.05, 0) is 12.1 Å². The molecule has 0 aliphatic heterocycles. The maximum Gasteiger partial charge on any atom is 0.315 e. The van der Waals surface area contributed by atoms with Gasteiger partial charge in [0.05, 0.1) is 18.6 Å². The molecule has 0 atom stereocenters. The van der Waals surface area contributed by atoms with Gasteiger partial charge < -0.3 is 24.6 Å². The van der Waals surface area contributed by atoms with Crippen LogP contribution < -0.4 is 9.47 Å². The maximum atomic E-state index is 12.6. The number of carbonyl (C=O) groups is 1. The van der Waals surface area contributed by atoms with Gasteiger partial charge in [0.15, 0.2) is 11.3 Å². The summed E-state index contributed by atoms with van der Waals surface area (Å²) in [7, 11) is 2.56. The molecule has 11 nitrogen and oxygen atoms in total. The van der Waals surface area contributed by atoms with Crippen LogP contribution in [0.25, 0.3) is 5.76 Å². The number of aliphatic hydroxyl groups is 1. The van der Waals surface area contributed by atoms with Gasteiger partial charge in [-0.3, -0.25) is 14.9 Å². The van der Waals surface area contributed by atoms with E-state index in [2.05, 4.69) is 4.98 Å². The number of aromatic hydroxyl groups is 1. The van der Waals surface area contributed by atoms with Crippen LogP contribution in [0.1, 0.15) is 5.56 Å². The van der Waals surface area contributed by atoms with Gasteiger partial charge in [-0.15, -0.1) is 0 Å². The average Bonchev–Trinajstić information content (AvgIpc) is 2.74. The molecule has 0 saturated carbocycles. The van der Waals surface area contributed by atoms with Crippen LogP contribution in [0.3, 0.4) is 0 Å². The Balaban J connectivity index is 2.25. The van der Waals surface area contributed by atoms with Crippen LogP contribution in [0.4, 0.5) is 5.69 Å². The predicted molar refractivity (Wildman–Crippen MR) is 104 cm³/mol.